The van der Waals surface area contributed by atoms with Crippen molar-refractivity contribution in [1.82, 2.24) is 35.1 Å². The van der Waals surface area contributed by atoms with E-state index < -0.39 is 0 Å². The van der Waals surface area contributed by atoms with Gasteiger partial charge in [0.2, 0.25) is 11.7 Å². The summed E-state index contributed by atoms with van der Waals surface area (Å²) < 4.78 is 0. The smallest absolute Gasteiger partial charge is 0.246 e. The normalized spacial score (nSPS) is 17.3. The molecule has 6 rings (SSSR count). The molecule has 2 aliphatic heterocycles. The zero-order valence-corrected chi connectivity index (χ0v) is 22.3. The van der Waals surface area contributed by atoms with Crippen LogP contribution in [0.5, 0.6) is 0 Å². The predicted octanol–water partition coefficient (Wildman–Crippen LogP) is 4.11. The summed E-state index contributed by atoms with van der Waals surface area (Å²) in [6.45, 7) is 7.08. The van der Waals surface area contributed by atoms with Gasteiger partial charge in [-0.05, 0) is 49.1 Å². The summed E-state index contributed by atoms with van der Waals surface area (Å²) >= 11 is 1.45. The Kier molecular flexibility index (Phi) is 7.17. The number of benzene rings is 1. The van der Waals surface area contributed by atoms with Crippen molar-refractivity contribution >= 4 is 39.7 Å². The second-order valence-corrected chi connectivity index (χ2v) is 10.7. The Morgan fingerprint density at radius 3 is 2.69 bits per heavy atom. The number of pyridine rings is 1. The number of likely N-dealkylation sites (tertiary alicyclic amines) is 1. The molecule has 3 aromatic heterocycles. The van der Waals surface area contributed by atoms with E-state index >= 15 is 0 Å². The molecule has 0 radical (unpaired) electrons. The number of amides is 1. The van der Waals surface area contributed by atoms with Crippen molar-refractivity contribution in [2.45, 2.75) is 31.7 Å². The maximum Gasteiger partial charge on any atom is 0.246 e. The van der Waals surface area contributed by atoms with Crippen molar-refractivity contribution < 1.29 is 4.79 Å². The number of nitrogens with zero attached hydrogens (tertiary/aromatic N) is 8. The molecule has 2 saturated heterocycles. The van der Waals surface area contributed by atoms with Gasteiger partial charge in [0.15, 0.2) is 5.13 Å². The molecule has 4 aromatic rings. The Morgan fingerprint density at radius 1 is 1.05 bits per heavy atom. The number of hydrogen-bond donors (Lipinski definition) is 2. The maximum atomic E-state index is 12.2. The SMILES string of the molecule is C=CC(=O)N1CCC[C@H](Nc2cc(N3CCCC3)cc(Nc3ncc(-c4nnn(-c5ccccc5)n4)s3)n2)C1. The van der Waals surface area contributed by atoms with Crippen molar-refractivity contribution in [3.63, 3.8) is 0 Å². The molecular formula is C27H30N10OS. The van der Waals surface area contributed by atoms with Crippen molar-refractivity contribution in [2.75, 3.05) is 41.7 Å². The second kappa shape index (κ2) is 11.2. The Labute approximate surface area is 230 Å². The van der Waals surface area contributed by atoms with E-state index in [2.05, 4.69) is 54.6 Å². The number of aromatic nitrogens is 6. The molecule has 2 N–H and O–H groups in total. The highest BCUT2D eigenvalue weighted by molar-refractivity contribution is 7.18. The molecular weight excluding hydrogens is 512 g/mol. The van der Waals surface area contributed by atoms with Gasteiger partial charge >= 0.3 is 0 Å². The molecule has 12 heteroatoms. The summed E-state index contributed by atoms with van der Waals surface area (Å²) in [6, 6.07) is 14.0. The molecule has 0 spiro atoms. The fourth-order valence-corrected chi connectivity index (χ4v) is 5.72. The zero-order valence-electron chi connectivity index (χ0n) is 21.5. The lowest BCUT2D eigenvalue weighted by Gasteiger charge is -2.33. The monoisotopic (exact) mass is 542 g/mol. The molecule has 0 aliphatic carbocycles. The third-order valence-electron chi connectivity index (χ3n) is 6.90. The quantitative estimate of drug-likeness (QED) is 0.317. The minimum atomic E-state index is -0.0273. The average Bonchev–Trinajstić information content (AvgIpc) is 3.75. The number of para-hydroxylation sites is 1. The van der Waals surface area contributed by atoms with Gasteiger partial charge in [-0.1, -0.05) is 36.1 Å². The number of thiazole rings is 1. The third-order valence-corrected chi connectivity index (χ3v) is 7.81. The zero-order chi connectivity index (χ0) is 26.6. The molecule has 1 aromatic carbocycles. The lowest BCUT2D eigenvalue weighted by molar-refractivity contribution is -0.127. The number of hydrogen-bond acceptors (Lipinski definition) is 10. The molecule has 1 amide bonds. The Morgan fingerprint density at radius 2 is 1.87 bits per heavy atom. The van der Waals surface area contributed by atoms with E-state index in [1.165, 1.54) is 35.1 Å². The van der Waals surface area contributed by atoms with Crippen LogP contribution in [0.15, 0.2) is 61.3 Å². The van der Waals surface area contributed by atoms with Crippen LogP contribution in [-0.2, 0) is 4.79 Å². The van der Waals surface area contributed by atoms with Crippen LogP contribution in [0.3, 0.4) is 0 Å². The number of anilines is 4. The summed E-state index contributed by atoms with van der Waals surface area (Å²) in [5.41, 5.74) is 1.96. The van der Waals surface area contributed by atoms with Gasteiger partial charge in [-0.15, -0.1) is 15.0 Å². The van der Waals surface area contributed by atoms with Crippen molar-refractivity contribution in [3.8, 4) is 16.4 Å². The molecule has 200 valence electrons. The number of tetrazole rings is 1. The molecule has 11 nitrogen and oxygen atoms in total. The first-order chi connectivity index (χ1) is 19.1. The molecule has 1 atom stereocenters. The molecule has 0 unspecified atom stereocenters. The molecule has 0 bridgehead atoms. The van der Waals surface area contributed by atoms with E-state index in [1.54, 1.807) is 6.20 Å². The highest BCUT2D eigenvalue weighted by Gasteiger charge is 2.23. The molecule has 2 fully saturated rings. The van der Waals surface area contributed by atoms with Crippen LogP contribution in [0.1, 0.15) is 25.7 Å². The average molecular weight is 543 g/mol. The van der Waals surface area contributed by atoms with Crippen molar-refractivity contribution in [2.24, 2.45) is 0 Å². The molecule has 0 saturated carbocycles. The highest BCUT2D eigenvalue weighted by Crippen LogP contribution is 2.31. The fourth-order valence-electron chi connectivity index (χ4n) is 4.97. The van der Waals surface area contributed by atoms with E-state index in [0.29, 0.717) is 23.3 Å². The van der Waals surface area contributed by atoms with Gasteiger partial charge in [0, 0.05) is 50.0 Å². The second-order valence-electron chi connectivity index (χ2n) is 9.65. The fraction of sp³-hybridized carbons (Fsp3) is 0.333. The van der Waals surface area contributed by atoms with Crippen LogP contribution in [0, 0.1) is 0 Å². The summed E-state index contributed by atoms with van der Waals surface area (Å²) in [4.78, 5) is 28.1. The number of piperidine rings is 1. The van der Waals surface area contributed by atoms with E-state index in [-0.39, 0.29) is 11.9 Å². The van der Waals surface area contributed by atoms with Crippen LogP contribution in [-0.4, -0.2) is 73.2 Å². The topological polar surface area (TPSA) is 117 Å². The minimum absolute atomic E-state index is 0.0273. The molecule has 39 heavy (non-hydrogen) atoms. The molecule has 5 heterocycles. The van der Waals surface area contributed by atoms with Crippen molar-refractivity contribution in [3.05, 3.63) is 61.3 Å². The van der Waals surface area contributed by atoms with E-state index in [9.17, 15) is 4.79 Å². The highest BCUT2D eigenvalue weighted by atomic mass is 32.1. The van der Waals surface area contributed by atoms with Gasteiger partial charge in [0.05, 0.1) is 16.8 Å². The molecule has 2 aliphatic rings. The number of rotatable bonds is 8. The summed E-state index contributed by atoms with van der Waals surface area (Å²) in [6.07, 6.45) is 7.42. The van der Waals surface area contributed by atoms with Crippen LogP contribution in [0.25, 0.3) is 16.4 Å². The largest absolute Gasteiger partial charge is 0.371 e. The Bertz CT molecular complexity index is 1450. The van der Waals surface area contributed by atoms with Crippen LogP contribution >= 0.6 is 11.3 Å². The van der Waals surface area contributed by atoms with Gasteiger partial charge in [-0.25, -0.2) is 9.97 Å². The van der Waals surface area contributed by atoms with E-state index in [0.717, 1.165) is 54.5 Å². The number of carbonyl (C=O) groups excluding carboxylic acids is 1. The van der Waals surface area contributed by atoms with Gasteiger partial charge in [-0.3, -0.25) is 4.79 Å². The van der Waals surface area contributed by atoms with Crippen molar-refractivity contribution in [1.29, 1.82) is 0 Å². The lowest BCUT2D eigenvalue weighted by atomic mass is 10.1. The van der Waals surface area contributed by atoms with Gasteiger partial charge < -0.3 is 20.4 Å². The summed E-state index contributed by atoms with van der Waals surface area (Å²) in [7, 11) is 0. The maximum absolute atomic E-state index is 12.2. The van der Waals surface area contributed by atoms with Gasteiger partial charge in [0.1, 0.15) is 11.6 Å². The van der Waals surface area contributed by atoms with Crippen LogP contribution in [0.2, 0.25) is 0 Å². The van der Waals surface area contributed by atoms with Gasteiger partial charge in [0.25, 0.3) is 0 Å². The van der Waals surface area contributed by atoms with E-state index in [4.69, 9.17) is 4.98 Å². The first-order valence-corrected chi connectivity index (χ1v) is 14.0. The van der Waals surface area contributed by atoms with E-state index in [1.807, 2.05) is 35.2 Å². The standard InChI is InChI=1S/C27H30N10OS/c1-2-25(38)36-14-8-9-19(18-36)29-23-15-21(35-12-6-7-13-35)16-24(30-23)31-27-28-17-22(39-27)26-32-34-37(33-26)20-10-4-3-5-11-20/h2-5,10-11,15-17,19H,1,6-9,12-14,18H2,(H2,28,29,30,31)/t19-/m0/s1. The first-order valence-electron chi connectivity index (χ1n) is 13.2. The Balaban J connectivity index is 1.21. The third kappa shape index (κ3) is 5.75. The Hall–Kier alpha value is -4.32. The first kappa shape index (κ1) is 25.0. The van der Waals surface area contributed by atoms with Gasteiger partial charge in [-0.2, -0.15) is 0 Å². The number of nitrogens with one attached hydrogen (secondary N) is 2. The lowest BCUT2D eigenvalue weighted by Crippen LogP contribution is -2.44. The van der Waals surface area contributed by atoms with Crippen LogP contribution in [0.4, 0.5) is 22.5 Å². The summed E-state index contributed by atoms with van der Waals surface area (Å²) in [5.74, 6) is 1.98. The minimum Gasteiger partial charge on any atom is -0.371 e. The number of carbonyl (C=O) groups is 1. The summed E-state index contributed by atoms with van der Waals surface area (Å²) in [5, 5.41) is 20.5. The van der Waals surface area contributed by atoms with Crippen LogP contribution < -0.4 is 15.5 Å². The predicted molar refractivity (Wildman–Crippen MR) is 153 cm³/mol.